The van der Waals surface area contributed by atoms with E-state index in [-0.39, 0.29) is 33.8 Å². The van der Waals surface area contributed by atoms with Crippen LogP contribution in [0.15, 0.2) is 46.3 Å². The molecule has 4 aromatic rings. The minimum absolute atomic E-state index is 0.0201. The number of likely N-dealkylation sites (N-methyl/N-ethyl adjacent to an activating group) is 1. The van der Waals surface area contributed by atoms with Crippen LogP contribution in [-0.4, -0.2) is 99.0 Å². The van der Waals surface area contributed by atoms with Crippen LogP contribution in [0, 0.1) is 0 Å². The summed E-state index contributed by atoms with van der Waals surface area (Å²) in [6.07, 6.45) is 3.94. The fraction of sp³-hybridized carbons (Fsp3) is 0.464. The summed E-state index contributed by atoms with van der Waals surface area (Å²) >= 11 is 0. The largest absolute Gasteiger partial charge is 0.471 e. The number of hydrogen-bond acceptors (Lipinski definition) is 10. The van der Waals surface area contributed by atoms with E-state index in [1.165, 1.54) is 21.1 Å². The third kappa shape index (κ3) is 5.08. The van der Waals surface area contributed by atoms with Crippen molar-refractivity contribution in [3.8, 4) is 23.1 Å². The van der Waals surface area contributed by atoms with Crippen molar-refractivity contribution in [3.05, 3.63) is 52.7 Å². The highest BCUT2D eigenvalue weighted by atomic mass is 32.2. The van der Waals surface area contributed by atoms with E-state index in [9.17, 15) is 13.2 Å². The minimum atomic E-state index is -3.85. The van der Waals surface area contributed by atoms with Gasteiger partial charge in [0, 0.05) is 45.8 Å². The first kappa shape index (κ1) is 28.4. The van der Waals surface area contributed by atoms with Gasteiger partial charge in [-0.3, -0.25) is 9.36 Å². The summed E-state index contributed by atoms with van der Waals surface area (Å²) in [7, 11) is -2.27. The number of aryl methyl sites for hydroxylation is 1. The Bertz CT molecular complexity index is 1760. The van der Waals surface area contributed by atoms with Crippen molar-refractivity contribution >= 4 is 21.1 Å². The molecule has 6 heterocycles. The van der Waals surface area contributed by atoms with Crippen LogP contribution >= 0.6 is 0 Å². The van der Waals surface area contributed by atoms with Gasteiger partial charge in [-0.1, -0.05) is 19.9 Å². The SMILES string of the molecule is CCc1c2nc(-c3cc(S(=O)(=O)N4CCN(CC)CC4)cnc3O[C@H]3CCOC3)n(C)c(=O)c2nn1-c1ccccn1. The highest BCUT2D eigenvalue weighted by molar-refractivity contribution is 7.89. The van der Waals surface area contributed by atoms with Crippen LogP contribution in [0.2, 0.25) is 0 Å². The van der Waals surface area contributed by atoms with Crippen LogP contribution in [0.5, 0.6) is 5.88 Å². The van der Waals surface area contributed by atoms with Crippen LogP contribution in [-0.2, 0) is 28.2 Å². The van der Waals surface area contributed by atoms with Crippen LogP contribution in [0.4, 0.5) is 0 Å². The van der Waals surface area contributed by atoms with Gasteiger partial charge < -0.3 is 14.4 Å². The van der Waals surface area contributed by atoms with Crippen molar-refractivity contribution < 1.29 is 17.9 Å². The molecule has 2 aliphatic heterocycles. The average Bonchev–Trinajstić information content (AvgIpc) is 3.67. The molecule has 2 saturated heterocycles. The third-order valence-corrected chi connectivity index (χ3v) is 9.71. The molecule has 13 nitrogen and oxygen atoms in total. The molecule has 14 heteroatoms. The van der Waals surface area contributed by atoms with Gasteiger partial charge in [-0.25, -0.2) is 28.1 Å². The maximum absolute atomic E-state index is 13.7. The Morgan fingerprint density at radius 1 is 1.10 bits per heavy atom. The Labute approximate surface area is 243 Å². The zero-order valence-electron chi connectivity index (χ0n) is 23.9. The molecule has 2 fully saturated rings. The molecule has 2 aliphatic rings. The Kier molecular flexibility index (Phi) is 7.79. The highest BCUT2D eigenvalue weighted by Gasteiger charge is 2.31. The molecule has 0 unspecified atom stereocenters. The molecule has 42 heavy (non-hydrogen) atoms. The summed E-state index contributed by atoms with van der Waals surface area (Å²) in [6, 6.07) is 6.98. The predicted molar refractivity (Wildman–Crippen MR) is 155 cm³/mol. The second kappa shape index (κ2) is 11.5. The van der Waals surface area contributed by atoms with E-state index in [0.717, 1.165) is 6.54 Å². The number of sulfonamides is 1. The molecular formula is C28H34N8O5S. The summed E-state index contributed by atoms with van der Waals surface area (Å²) in [5.41, 5.74) is 1.25. The standard InChI is InChI=1S/C28H34N8O5S/c1-4-22-24-25(32-36(22)23-8-6-7-10-29-23)28(37)33(3)26(31-24)21-16-20(17-30-27(21)41-19-9-15-40-18-19)42(38,39)35-13-11-34(5-2)12-14-35/h6-8,10,16-17,19H,4-5,9,11-15,18H2,1-3H3/t19-/m0/s1. The molecule has 0 amide bonds. The van der Waals surface area contributed by atoms with Crippen LogP contribution < -0.4 is 10.3 Å². The topological polar surface area (TPSA) is 138 Å². The number of hydrogen-bond donors (Lipinski definition) is 0. The first-order valence-electron chi connectivity index (χ1n) is 14.2. The van der Waals surface area contributed by atoms with Crippen LogP contribution in [0.25, 0.3) is 28.2 Å². The van der Waals surface area contributed by atoms with Gasteiger partial charge in [0.2, 0.25) is 15.9 Å². The summed E-state index contributed by atoms with van der Waals surface area (Å²) < 4.78 is 43.6. The van der Waals surface area contributed by atoms with Crippen molar-refractivity contribution in [1.82, 2.24) is 38.5 Å². The maximum Gasteiger partial charge on any atom is 0.281 e. The smallest absolute Gasteiger partial charge is 0.281 e. The van der Waals surface area contributed by atoms with Crippen LogP contribution in [0.1, 0.15) is 26.0 Å². The fourth-order valence-electron chi connectivity index (χ4n) is 5.40. The van der Waals surface area contributed by atoms with E-state index in [1.54, 1.807) is 17.9 Å². The molecule has 0 spiro atoms. The summed E-state index contributed by atoms with van der Waals surface area (Å²) in [6.45, 7) is 7.93. The second-order valence-electron chi connectivity index (χ2n) is 10.4. The average molecular weight is 595 g/mol. The van der Waals surface area contributed by atoms with Gasteiger partial charge in [0.15, 0.2) is 11.3 Å². The highest BCUT2D eigenvalue weighted by Crippen LogP contribution is 2.32. The Hall–Kier alpha value is -3.72. The van der Waals surface area contributed by atoms with E-state index in [1.807, 2.05) is 25.1 Å². The Morgan fingerprint density at radius 2 is 1.90 bits per heavy atom. The van der Waals surface area contributed by atoms with E-state index in [2.05, 4.69) is 26.9 Å². The lowest BCUT2D eigenvalue weighted by Gasteiger charge is -2.33. The quantitative estimate of drug-likeness (QED) is 0.296. The molecule has 0 aliphatic carbocycles. The van der Waals surface area contributed by atoms with Crippen molar-refractivity contribution in [2.45, 2.75) is 37.7 Å². The minimum Gasteiger partial charge on any atom is -0.471 e. The molecule has 4 aromatic heterocycles. The Morgan fingerprint density at radius 3 is 2.57 bits per heavy atom. The number of pyridine rings is 2. The van der Waals surface area contributed by atoms with Crippen molar-refractivity contribution in [2.75, 3.05) is 45.9 Å². The molecule has 0 radical (unpaired) electrons. The zero-order chi connectivity index (χ0) is 29.4. The molecule has 0 aromatic carbocycles. The number of fused-ring (bicyclic) bond motifs is 1. The van der Waals surface area contributed by atoms with Gasteiger partial charge in [0.1, 0.15) is 22.3 Å². The first-order chi connectivity index (χ1) is 20.3. The number of piperazine rings is 1. The number of rotatable bonds is 8. The summed E-state index contributed by atoms with van der Waals surface area (Å²) in [4.78, 5) is 29.7. The molecule has 0 bridgehead atoms. The van der Waals surface area contributed by atoms with Gasteiger partial charge in [-0.2, -0.15) is 9.40 Å². The third-order valence-electron chi connectivity index (χ3n) is 7.85. The zero-order valence-corrected chi connectivity index (χ0v) is 24.7. The van der Waals surface area contributed by atoms with Gasteiger partial charge in [0.05, 0.1) is 30.7 Å². The lowest BCUT2D eigenvalue weighted by molar-refractivity contribution is 0.138. The summed E-state index contributed by atoms with van der Waals surface area (Å²) in [5.74, 6) is 0.994. The molecule has 1 atom stereocenters. The number of aromatic nitrogens is 6. The number of ether oxygens (including phenoxy) is 2. The number of nitrogens with zero attached hydrogens (tertiary/aromatic N) is 8. The molecule has 222 valence electrons. The van der Waals surface area contributed by atoms with Crippen LogP contribution in [0.3, 0.4) is 0 Å². The maximum atomic E-state index is 13.7. The van der Waals surface area contributed by atoms with E-state index in [4.69, 9.17) is 14.5 Å². The normalized spacial score (nSPS) is 18.6. The van der Waals surface area contributed by atoms with Gasteiger partial charge in [0.25, 0.3) is 5.56 Å². The molecular weight excluding hydrogens is 560 g/mol. The van der Waals surface area contributed by atoms with Gasteiger partial charge in [-0.15, -0.1) is 0 Å². The van der Waals surface area contributed by atoms with E-state index < -0.39 is 10.0 Å². The Balaban J connectivity index is 1.50. The van der Waals surface area contributed by atoms with E-state index in [0.29, 0.717) is 74.8 Å². The van der Waals surface area contributed by atoms with Crippen molar-refractivity contribution in [1.29, 1.82) is 0 Å². The first-order valence-corrected chi connectivity index (χ1v) is 15.6. The summed E-state index contributed by atoms with van der Waals surface area (Å²) in [5, 5.41) is 4.57. The molecule has 0 N–H and O–H groups in total. The monoisotopic (exact) mass is 594 g/mol. The van der Waals surface area contributed by atoms with Gasteiger partial charge >= 0.3 is 0 Å². The lowest BCUT2D eigenvalue weighted by Crippen LogP contribution is -2.48. The van der Waals surface area contributed by atoms with Gasteiger partial charge in [-0.05, 0) is 31.2 Å². The van der Waals surface area contributed by atoms with Crippen molar-refractivity contribution in [2.24, 2.45) is 7.05 Å². The molecule has 6 rings (SSSR count). The molecule has 0 saturated carbocycles. The lowest BCUT2D eigenvalue weighted by atomic mass is 10.2. The van der Waals surface area contributed by atoms with E-state index >= 15 is 0 Å². The second-order valence-corrected chi connectivity index (χ2v) is 12.3. The fourth-order valence-corrected chi connectivity index (χ4v) is 6.79. The predicted octanol–water partition coefficient (Wildman–Crippen LogP) is 1.63. The van der Waals surface area contributed by atoms with Crippen molar-refractivity contribution in [3.63, 3.8) is 0 Å².